The summed E-state index contributed by atoms with van der Waals surface area (Å²) in [5, 5.41) is 4.91. The molecule has 5 heteroatoms. The Bertz CT molecular complexity index is 468. The molecule has 1 aromatic rings. The van der Waals surface area contributed by atoms with Crippen molar-refractivity contribution in [3.8, 4) is 0 Å². The molecule has 2 heterocycles. The van der Waals surface area contributed by atoms with Crippen molar-refractivity contribution >= 4 is 33.2 Å². The number of halogens is 2. The van der Waals surface area contributed by atoms with Gasteiger partial charge in [-0.2, -0.15) is 0 Å². The van der Waals surface area contributed by atoms with Gasteiger partial charge in [0.25, 0.3) is 5.79 Å². The van der Waals surface area contributed by atoms with E-state index in [-0.39, 0.29) is 4.83 Å². The fourth-order valence-electron chi connectivity index (χ4n) is 2.31. The van der Waals surface area contributed by atoms with Crippen LogP contribution < -0.4 is 0 Å². The summed E-state index contributed by atoms with van der Waals surface area (Å²) in [5.41, 5.74) is 1.88. The Balaban J connectivity index is 1.85. The maximum atomic E-state index is 5.89. The molecule has 0 amide bonds. The number of hydrogen-bond donors (Lipinski definition) is 0. The van der Waals surface area contributed by atoms with E-state index in [1.54, 1.807) is 0 Å². The third-order valence-electron chi connectivity index (χ3n) is 3.33. The van der Waals surface area contributed by atoms with Gasteiger partial charge in [0.1, 0.15) is 10.5 Å². The third-order valence-corrected chi connectivity index (χ3v) is 4.71. The van der Waals surface area contributed by atoms with Crippen LogP contribution in [-0.2, 0) is 9.57 Å². The molecule has 0 bridgehead atoms. The van der Waals surface area contributed by atoms with Gasteiger partial charge < -0.3 is 9.57 Å². The van der Waals surface area contributed by atoms with Crippen molar-refractivity contribution in [1.82, 2.24) is 0 Å². The molecule has 18 heavy (non-hydrogen) atoms. The van der Waals surface area contributed by atoms with E-state index < -0.39 is 5.79 Å². The number of rotatable bonds is 1. The van der Waals surface area contributed by atoms with E-state index in [9.17, 15) is 0 Å². The zero-order valence-electron chi connectivity index (χ0n) is 9.73. The summed E-state index contributed by atoms with van der Waals surface area (Å²) in [4.78, 5) is 5.54. The number of hydrogen-bond acceptors (Lipinski definition) is 3. The lowest BCUT2D eigenvalue weighted by Crippen LogP contribution is -2.45. The molecule has 0 aromatic heterocycles. The SMILES string of the molecule is Clc1ccc(C2=NOC3(CCCCO3)C2Br)cc1. The largest absolute Gasteiger partial charge is 0.358 e. The molecule has 2 aliphatic heterocycles. The maximum Gasteiger partial charge on any atom is 0.255 e. The number of benzene rings is 1. The van der Waals surface area contributed by atoms with Crippen LogP contribution in [0.25, 0.3) is 0 Å². The summed E-state index contributed by atoms with van der Waals surface area (Å²) in [6.07, 6.45) is 3.05. The number of oxime groups is 1. The highest BCUT2D eigenvalue weighted by atomic mass is 79.9. The van der Waals surface area contributed by atoms with Crippen molar-refractivity contribution in [2.75, 3.05) is 6.61 Å². The molecule has 0 aliphatic carbocycles. The Labute approximate surface area is 119 Å². The molecular formula is C13H13BrClNO2. The van der Waals surface area contributed by atoms with Gasteiger partial charge in [-0.15, -0.1) is 0 Å². The molecule has 2 aliphatic rings. The Morgan fingerprint density at radius 1 is 1.28 bits per heavy atom. The minimum absolute atomic E-state index is 0.0357. The van der Waals surface area contributed by atoms with Crippen LogP contribution in [0.1, 0.15) is 24.8 Å². The fourth-order valence-corrected chi connectivity index (χ4v) is 3.23. The highest BCUT2D eigenvalue weighted by molar-refractivity contribution is 9.10. The Hall–Kier alpha value is -0.580. The van der Waals surface area contributed by atoms with E-state index in [1.807, 2.05) is 24.3 Å². The highest BCUT2D eigenvalue weighted by Gasteiger charge is 2.50. The van der Waals surface area contributed by atoms with Gasteiger partial charge in [-0.25, -0.2) is 0 Å². The zero-order valence-corrected chi connectivity index (χ0v) is 12.1. The maximum absolute atomic E-state index is 5.89. The smallest absolute Gasteiger partial charge is 0.255 e. The van der Waals surface area contributed by atoms with Crippen LogP contribution in [0.5, 0.6) is 0 Å². The summed E-state index contributed by atoms with van der Waals surface area (Å²) in [6, 6.07) is 7.60. The summed E-state index contributed by atoms with van der Waals surface area (Å²) in [5.74, 6) is -0.618. The summed E-state index contributed by atoms with van der Waals surface area (Å²) in [6.45, 7) is 0.728. The van der Waals surface area contributed by atoms with Gasteiger partial charge in [0.2, 0.25) is 0 Å². The summed E-state index contributed by atoms with van der Waals surface area (Å²) >= 11 is 9.55. The van der Waals surface area contributed by atoms with Crippen LogP contribution >= 0.6 is 27.5 Å². The van der Waals surface area contributed by atoms with Crippen LogP contribution in [0.2, 0.25) is 5.02 Å². The second-order valence-electron chi connectivity index (χ2n) is 4.55. The Kier molecular flexibility index (Phi) is 3.34. The van der Waals surface area contributed by atoms with Crippen molar-refractivity contribution in [3.05, 3.63) is 34.9 Å². The fraction of sp³-hybridized carbons (Fsp3) is 0.462. The molecule has 1 fully saturated rings. The Morgan fingerprint density at radius 2 is 2.06 bits per heavy atom. The van der Waals surface area contributed by atoms with Gasteiger partial charge in [0.15, 0.2) is 0 Å². The van der Waals surface area contributed by atoms with E-state index in [0.29, 0.717) is 5.02 Å². The lowest BCUT2D eigenvalue weighted by molar-refractivity contribution is -0.236. The average Bonchev–Trinajstić information content (AvgIpc) is 2.70. The van der Waals surface area contributed by atoms with Crippen molar-refractivity contribution in [2.45, 2.75) is 29.9 Å². The number of alkyl halides is 1. The van der Waals surface area contributed by atoms with Crippen LogP contribution in [-0.4, -0.2) is 22.9 Å². The molecule has 3 rings (SSSR count). The van der Waals surface area contributed by atoms with Gasteiger partial charge in [0, 0.05) is 17.0 Å². The van der Waals surface area contributed by atoms with E-state index >= 15 is 0 Å². The molecule has 2 atom stereocenters. The molecule has 2 unspecified atom stereocenters. The number of ether oxygens (including phenoxy) is 1. The zero-order chi connectivity index (χ0) is 12.6. The van der Waals surface area contributed by atoms with E-state index in [0.717, 1.165) is 37.1 Å². The topological polar surface area (TPSA) is 30.8 Å². The van der Waals surface area contributed by atoms with Gasteiger partial charge in [-0.3, -0.25) is 0 Å². The third kappa shape index (κ3) is 2.06. The first kappa shape index (κ1) is 12.5. The Morgan fingerprint density at radius 3 is 2.72 bits per heavy atom. The van der Waals surface area contributed by atoms with Gasteiger partial charge >= 0.3 is 0 Å². The lowest BCUT2D eigenvalue weighted by Gasteiger charge is -2.33. The lowest BCUT2D eigenvalue weighted by atomic mass is 9.97. The summed E-state index contributed by atoms with van der Waals surface area (Å²) in [7, 11) is 0. The first-order chi connectivity index (χ1) is 8.71. The van der Waals surface area contributed by atoms with Crippen molar-refractivity contribution in [2.24, 2.45) is 5.16 Å². The minimum atomic E-state index is -0.618. The molecule has 3 nitrogen and oxygen atoms in total. The standard InChI is InChI=1S/C13H13BrClNO2/c14-12-11(9-3-5-10(15)6-4-9)16-18-13(12)7-1-2-8-17-13/h3-6,12H,1-2,7-8H2. The highest BCUT2D eigenvalue weighted by Crippen LogP contribution is 2.40. The van der Waals surface area contributed by atoms with Crippen LogP contribution in [0.15, 0.2) is 29.4 Å². The average molecular weight is 331 g/mol. The van der Waals surface area contributed by atoms with Crippen molar-refractivity contribution in [3.63, 3.8) is 0 Å². The van der Waals surface area contributed by atoms with Crippen molar-refractivity contribution < 1.29 is 9.57 Å². The molecule has 96 valence electrons. The van der Waals surface area contributed by atoms with Crippen LogP contribution in [0, 0.1) is 0 Å². The molecule has 0 radical (unpaired) electrons. The van der Waals surface area contributed by atoms with Gasteiger partial charge in [-0.1, -0.05) is 44.8 Å². The molecular weight excluding hydrogens is 318 g/mol. The van der Waals surface area contributed by atoms with Crippen LogP contribution in [0.4, 0.5) is 0 Å². The first-order valence-corrected chi connectivity index (χ1v) is 7.31. The van der Waals surface area contributed by atoms with Crippen LogP contribution in [0.3, 0.4) is 0 Å². The molecule has 0 saturated carbocycles. The minimum Gasteiger partial charge on any atom is -0.358 e. The second-order valence-corrected chi connectivity index (χ2v) is 5.91. The second kappa shape index (κ2) is 4.83. The predicted octanol–water partition coefficient (Wildman–Crippen LogP) is 3.73. The van der Waals surface area contributed by atoms with E-state index in [1.165, 1.54) is 0 Å². The quantitative estimate of drug-likeness (QED) is 0.735. The summed E-state index contributed by atoms with van der Waals surface area (Å²) < 4.78 is 5.80. The molecule has 0 N–H and O–H groups in total. The van der Waals surface area contributed by atoms with Crippen molar-refractivity contribution in [1.29, 1.82) is 0 Å². The van der Waals surface area contributed by atoms with E-state index in [2.05, 4.69) is 21.1 Å². The molecule has 1 aromatic carbocycles. The van der Waals surface area contributed by atoms with Gasteiger partial charge in [-0.05, 0) is 25.0 Å². The van der Waals surface area contributed by atoms with E-state index in [4.69, 9.17) is 21.2 Å². The number of nitrogens with zero attached hydrogens (tertiary/aromatic N) is 1. The molecule has 1 spiro atoms. The monoisotopic (exact) mass is 329 g/mol. The molecule has 1 saturated heterocycles. The van der Waals surface area contributed by atoms with Gasteiger partial charge in [0.05, 0.1) is 6.61 Å². The predicted molar refractivity (Wildman–Crippen MR) is 74.3 cm³/mol. The first-order valence-electron chi connectivity index (χ1n) is 6.01. The normalized spacial score (nSPS) is 31.2.